The molecule has 90 valence electrons. The van der Waals surface area contributed by atoms with Crippen LogP contribution in [0.4, 0.5) is 5.95 Å². The normalized spacial score (nSPS) is 20.6. The van der Waals surface area contributed by atoms with Crippen molar-refractivity contribution in [1.82, 2.24) is 9.97 Å². The van der Waals surface area contributed by atoms with Crippen LogP contribution >= 0.6 is 0 Å². The summed E-state index contributed by atoms with van der Waals surface area (Å²) >= 11 is 0. The first-order chi connectivity index (χ1) is 8.42. The molecule has 0 spiro atoms. The van der Waals surface area contributed by atoms with Crippen LogP contribution in [0.15, 0.2) is 24.3 Å². The fourth-order valence-electron chi connectivity index (χ4n) is 2.22. The van der Waals surface area contributed by atoms with Crippen molar-refractivity contribution in [2.45, 2.75) is 25.4 Å². The molecular formula is C13H17N3O. The Balaban J connectivity index is 1.64. The topological polar surface area (TPSA) is 49.9 Å². The molecule has 1 aromatic heterocycles. The average molecular weight is 231 g/mol. The zero-order chi connectivity index (χ0) is 11.5. The van der Waals surface area contributed by atoms with Gasteiger partial charge in [-0.25, -0.2) is 4.98 Å². The van der Waals surface area contributed by atoms with E-state index in [1.54, 1.807) is 0 Å². The molecular weight excluding hydrogens is 214 g/mol. The molecule has 2 N–H and O–H groups in total. The molecule has 17 heavy (non-hydrogen) atoms. The van der Waals surface area contributed by atoms with E-state index >= 15 is 0 Å². The number of para-hydroxylation sites is 2. The summed E-state index contributed by atoms with van der Waals surface area (Å²) in [5.41, 5.74) is 2.07. The first kappa shape index (κ1) is 10.6. The van der Waals surface area contributed by atoms with Crippen LogP contribution in [0.2, 0.25) is 0 Å². The number of hydrogen-bond donors (Lipinski definition) is 2. The van der Waals surface area contributed by atoms with Gasteiger partial charge in [-0.05, 0) is 31.4 Å². The van der Waals surface area contributed by atoms with Gasteiger partial charge in [0.2, 0.25) is 5.95 Å². The van der Waals surface area contributed by atoms with Crippen LogP contribution in [0, 0.1) is 0 Å². The van der Waals surface area contributed by atoms with E-state index in [4.69, 9.17) is 4.74 Å². The number of imidazole rings is 1. The standard InChI is InChI=1S/C13H17N3O/c1-2-7-12-11(6-1)15-13(16-12)14-9-10-5-3-4-8-17-10/h1-2,6-7,10H,3-5,8-9H2,(H2,14,15,16). The Morgan fingerprint density at radius 1 is 1.35 bits per heavy atom. The van der Waals surface area contributed by atoms with Gasteiger partial charge in [0.15, 0.2) is 0 Å². The molecule has 1 aliphatic rings. The van der Waals surface area contributed by atoms with E-state index < -0.39 is 0 Å². The van der Waals surface area contributed by atoms with Crippen molar-refractivity contribution in [1.29, 1.82) is 0 Å². The maximum atomic E-state index is 5.67. The summed E-state index contributed by atoms with van der Waals surface area (Å²) in [4.78, 5) is 7.73. The van der Waals surface area contributed by atoms with Crippen molar-refractivity contribution in [3.8, 4) is 0 Å². The van der Waals surface area contributed by atoms with Crippen molar-refractivity contribution in [3.05, 3.63) is 24.3 Å². The minimum absolute atomic E-state index is 0.331. The Bertz CT molecular complexity index is 455. The maximum absolute atomic E-state index is 5.67. The second kappa shape index (κ2) is 4.75. The number of benzene rings is 1. The maximum Gasteiger partial charge on any atom is 0.201 e. The predicted molar refractivity (Wildman–Crippen MR) is 68.2 cm³/mol. The highest BCUT2D eigenvalue weighted by molar-refractivity contribution is 5.77. The molecule has 0 bridgehead atoms. The van der Waals surface area contributed by atoms with Crippen molar-refractivity contribution < 1.29 is 4.74 Å². The predicted octanol–water partition coefficient (Wildman–Crippen LogP) is 2.54. The lowest BCUT2D eigenvalue weighted by atomic mass is 10.1. The molecule has 4 heteroatoms. The Morgan fingerprint density at radius 2 is 2.29 bits per heavy atom. The van der Waals surface area contributed by atoms with Gasteiger partial charge in [0, 0.05) is 13.2 Å². The number of aromatic nitrogens is 2. The second-order valence-corrected chi connectivity index (χ2v) is 4.47. The molecule has 0 amide bonds. The van der Waals surface area contributed by atoms with Gasteiger partial charge in [0.05, 0.1) is 17.1 Å². The minimum Gasteiger partial charge on any atom is -0.376 e. The summed E-state index contributed by atoms with van der Waals surface area (Å²) in [5, 5.41) is 3.31. The lowest BCUT2D eigenvalue weighted by Crippen LogP contribution is -2.27. The lowest BCUT2D eigenvalue weighted by Gasteiger charge is -2.22. The van der Waals surface area contributed by atoms with Gasteiger partial charge in [-0.1, -0.05) is 12.1 Å². The fourth-order valence-corrected chi connectivity index (χ4v) is 2.22. The van der Waals surface area contributed by atoms with Crippen LogP contribution in [0.5, 0.6) is 0 Å². The van der Waals surface area contributed by atoms with Crippen LogP contribution in [-0.2, 0) is 4.74 Å². The first-order valence-electron chi connectivity index (χ1n) is 6.22. The van der Waals surface area contributed by atoms with Crippen LogP contribution < -0.4 is 5.32 Å². The first-order valence-corrected chi connectivity index (χ1v) is 6.22. The van der Waals surface area contributed by atoms with Gasteiger partial charge in [-0.15, -0.1) is 0 Å². The van der Waals surface area contributed by atoms with E-state index in [9.17, 15) is 0 Å². The molecule has 1 unspecified atom stereocenters. The Hall–Kier alpha value is -1.55. The number of fused-ring (bicyclic) bond motifs is 1. The molecule has 4 nitrogen and oxygen atoms in total. The van der Waals surface area contributed by atoms with Crippen LogP contribution in [0.25, 0.3) is 11.0 Å². The number of anilines is 1. The lowest BCUT2D eigenvalue weighted by molar-refractivity contribution is 0.0247. The summed E-state index contributed by atoms with van der Waals surface area (Å²) in [6.07, 6.45) is 3.94. The number of nitrogens with one attached hydrogen (secondary N) is 2. The Morgan fingerprint density at radius 3 is 3.12 bits per heavy atom. The molecule has 0 saturated carbocycles. The average Bonchev–Trinajstić information content (AvgIpc) is 2.80. The number of rotatable bonds is 3. The summed E-state index contributed by atoms with van der Waals surface area (Å²) < 4.78 is 5.67. The van der Waals surface area contributed by atoms with E-state index in [1.165, 1.54) is 12.8 Å². The van der Waals surface area contributed by atoms with Gasteiger partial charge in [-0.3, -0.25) is 0 Å². The smallest absolute Gasteiger partial charge is 0.201 e. The van der Waals surface area contributed by atoms with Gasteiger partial charge >= 0.3 is 0 Å². The third-order valence-corrected chi connectivity index (χ3v) is 3.16. The molecule has 0 radical (unpaired) electrons. The van der Waals surface area contributed by atoms with E-state index in [2.05, 4.69) is 15.3 Å². The largest absolute Gasteiger partial charge is 0.376 e. The number of hydrogen-bond acceptors (Lipinski definition) is 3. The molecule has 2 heterocycles. The zero-order valence-corrected chi connectivity index (χ0v) is 9.78. The van der Waals surface area contributed by atoms with Crippen molar-refractivity contribution >= 4 is 17.0 Å². The highest BCUT2D eigenvalue weighted by Crippen LogP contribution is 2.15. The van der Waals surface area contributed by atoms with Crippen molar-refractivity contribution in [2.75, 3.05) is 18.5 Å². The molecule has 0 aliphatic carbocycles. The van der Waals surface area contributed by atoms with Gasteiger partial charge < -0.3 is 15.0 Å². The zero-order valence-electron chi connectivity index (χ0n) is 9.78. The highest BCUT2D eigenvalue weighted by Gasteiger charge is 2.13. The number of ether oxygens (including phenoxy) is 1. The number of aromatic amines is 1. The Kier molecular flexibility index (Phi) is 2.96. The van der Waals surface area contributed by atoms with Crippen LogP contribution in [0.3, 0.4) is 0 Å². The number of nitrogens with zero attached hydrogens (tertiary/aromatic N) is 1. The van der Waals surface area contributed by atoms with Crippen molar-refractivity contribution in [2.24, 2.45) is 0 Å². The van der Waals surface area contributed by atoms with E-state index in [-0.39, 0.29) is 0 Å². The molecule has 3 rings (SSSR count). The highest BCUT2D eigenvalue weighted by atomic mass is 16.5. The molecule has 1 atom stereocenters. The van der Waals surface area contributed by atoms with Crippen molar-refractivity contribution in [3.63, 3.8) is 0 Å². The van der Waals surface area contributed by atoms with Gasteiger partial charge in [0.1, 0.15) is 0 Å². The third-order valence-electron chi connectivity index (χ3n) is 3.16. The molecule has 1 fully saturated rings. The monoisotopic (exact) mass is 231 g/mol. The number of H-pyrrole nitrogens is 1. The molecule has 2 aromatic rings. The molecule has 1 aliphatic heterocycles. The molecule has 1 aromatic carbocycles. The van der Waals surface area contributed by atoms with Crippen LogP contribution in [0.1, 0.15) is 19.3 Å². The third kappa shape index (κ3) is 2.42. The summed E-state index contributed by atoms with van der Waals surface area (Å²) in [7, 11) is 0. The van der Waals surface area contributed by atoms with Gasteiger partial charge in [-0.2, -0.15) is 0 Å². The summed E-state index contributed by atoms with van der Waals surface area (Å²) in [5.74, 6) is 0.834. The minimum atomic E-state index is 0.331. The quantitative estimate of drug-likeness (QED) is 0.853. The van der Waals surface area contributed by atoms with Crippen LogP contribution in [-0.4, -0.2) is 29.2 Å². The fraction of sp³-hybridized carbons (Fsp3) is 0.462. The Labute approximate surface area is 100 Å². The van der Waals surface area contributed by atoms with Gasteiger partial charge in [0.25, 0.3) is 0 Å². The molecule has 1 saturated heterocycles. The van der Waals surface area contributed by atoms with E-state index in [0.717, 1.165) is 36.6 Å². The summed E-state index contributed by atoms with van der Waals surface area (Å²) in [6, 6.07) is 8.05. The summed E-state index contributed by atoms with van der Waals surface area (Å²) in [6.45, 7) is 1.73. The second-order valence-electron chi connectivity index (χ2n) is 4.47. The van der Waals surface area contributed by atoms with E-state index in [0.29, 0.717) is 6.10 Å². The van der Waals surface area contributed by atoms with E-state index in [1.807, 2.05) is 24.3 Å². The SMILES string of the molecule is c1ccc2[nH]c(NCC3CCCCO3)nc2c1.